The summed E-state index contributed by atoms with van der Waals surface area (Å²) in [6.07, 6.45) is 2.96. The number of carbonyl (C=O) groups excluding carboxylic acids is 1. The Morgan fingerprint density at radius 2 is 1.72 bits per heavy atom. The van der Waals surface area contributed by atoms with E-state index in [-0.39, 0.29) is 40.8 Å². The molecular formula is C25H32ClNO4S. The SMILES string of the molecule is CC.CNC.COC1=CC2CC(Sc3ccc(Cl)cc3)c3ccc(O)c(O)c3C2CC1=O. The van der Waals surface area contributed by atoms with Crippen molar-refractivity contribution in [2.24, 2.45) is 5.92 Å². The van der Waals surface area contributed by atoms with Gasteiger partial charge < -0.3 is 20.3 Å². The minimum Gasteiger partial charge on any atom is -0.504 e. The van der Waals surface area contributed by atoms with E-state index < -0.39 is 0 Å². The number of hydrogen-bond donors (Lipinski definition) is 3. The third-order valence-electron chi connectivity index (χ3n) is 5.31. The average molecular weight is 478 g/mol. The van der Waals surface area contributed by atoms with E-state index in [1.165, 1.54) is 13.2 Å². The summed E-state index contributed by atoms with van der Waals surface area (Å²) in [6.45, 7) is 4.00. The number of rotatable bonds is 3. The second kappa shape index (κ2) is 12.2. The number of hydrogen-bond acceptors (Lipinski definition) is 6. The fourth-order valence-electron chi connectivity index (χ4n) is 4.03. The quantitative estimate of drug-likeness (QED) is 0.467. The maximum Gasteiger partial charge on any atom is 0.197 e. The summed E-state index contributed by atoms with van der Waals surface area (Å²) < 4.78 is 5.24. The van der Waals surface area contributed by atoms with Crippen molar-refractivity contribution in [2.75, 3.05) is 21.2 Å². The lowest BCUT2D eigenvalue weighted by molar-refractivity contribution is -0.119. The molecule has 32 heavy (non-hydrogen) atoms. The Balaban J connectivity index is 0.000000671. The van der Waals surface area contributed by atoms with Crippen molar-refractivity contribution in [1.82, 2.24) is 5.32 Å². The van der Waals surface area contributed by atoms with E-state index in [1.54, 1.807) is 11.8 Å². The van der Waals surface area contributed by atoms with Crippen LogP contribution in [-0.2, 0) is 9.53 Å². The summed E-state index contributed by atoms with van der Waals surface area (Å²) in [5.74, 6) is -0.0568. The van der Waals surface area contributed by atoms with Crippen LogP contribution in [0.3, 0.4) is 0 Å². The van der Waals surface area contributed by atoms with Crippen LogP contribution in [0.25, 0.3) is 0 Å². The number of methoxy groups -OCH3 is 1. The Kier molecular flexibility index (Phi) is 9.94. The number of aromatic hydroxyl groups is 2. The van der Waals surface area contributed by atoms with Crippen LogP contribution >= 0.6 is 23.4 Å². The van der Waals surface area contributed by atoms with E-state index >= 15 is 0 Å². The fraction of sp³-hybridized carbons (Fsp3) is 0.400. The van der Waals surface area contributed by atoms with Crippen molar-refractivity contribution in [1.29, 1.82) is 0 Å². The first kappa shape index (κ1) is 26.1. The molecule has 0 radical (unpaired) electrons. The number of halogens is 1. The van der Waals surface area contributed by atoms with Crippen molar-refractivity contribution < 1.29 is 19.7 Å². The normalized spacial score (nSPS) is 21.0. The molecule has 0 fully saturated rings. The second-order valence-corrected chi connectivity index (χ2v) is 9.08. The smallest absolute Gasteiger partial charge is 0.197 e. The first-order valence-electron chi connectivity index (χ1n) is 10.7. The van der Waals surface area contributed by atoms with Gasteiger partial charge in [-0.3, -0.25) is 4.79 Å². The Morgan fingerprint density at radius 1 is 1.09 bits per heavy atom. The van der Waals surface area contributed by atoms with Crippen molar-refractivity contribution >= 4 is 29.1 Å². The van der Waals surface area contributed by atoms with Crippen LogP contribution in [-0.4, -0.2) is 37.2 Å². The van der Waals surface area contributed by atoms with Crippen LogP contribution < -0.4 is 5.32 Å². The third kappa shape index (κ3) is 5.80. The summed E-state index contributed by atoms with van der Waals surface area (Å²) in [5.41, 5.74) is 1.64. The number of ketones is 1. The fourth-order valence-corrected chi connectivity index (χ4v) is 5.43. The predicted octanol–water partition coefficient (Wildman–Crippen LogP) is 6.05. The molecule has 0 aromatic heterocycles. The zero-order chi connectivity index (χ0) is 23.8. The van der Waals surface area contributed by atoms with Crippen molar-refractivity contribution in [2.45, 2.75) is 42.8 Å². The molecule has 3 N–H and O–H groups in total. The van der Waals surface area contributed by atoms with Crippen LogP contribution in [0.4, 0.5) is 0 Å². The minimum absolute atomic E-state index is 0.0580. The molecule has 2 aliphatic carbocycles. The Bertz CT molecular complexity index is 946. The molecule has 0 spiro atoms. The first-order chi connectivity index (χ1) is 15.4. The zero-order valence-corrected chi connectivity index (χ0v) is 20.8. The van der Waals surface area contributed by atoms with Gasteiger partial charge in [-0.25, -0.2) is 0 Å². The van der Waals surface area contributed by atoms with Crippen LogP contribution in [0.1, 0.15) is 49.0 Å². The number of nitrogens with one attached hydrogen (secondary N) is 1. The lowest BCUT2D eigenvalue weighted by Gasteiger charge is -2.39. The van der Waals surface area contributed by atoms with Crippen molar-refractivity contribution in [3.63, 3.8) is 0 Å². The largest absolute Gasteiger partial charge is 0.504 e. The molecule has 0 saturated carbocycles. The van der Waals surface area contributed by atoms with Gasteiger partial charge in [-0.05, 0) is 68.4 Å². The molecule has 0 amide bonds. The van der Waals surface area contributed by atoms with Gasteiger partial charge in [-0.2, -0.15) is 0 Å². The lowest BCUT2D eigenvalue weighted by Crippen LogP contribution is -2.29. The highest BCUT2D eigenvalue weighted by atomic mass is 35.5. The van der Waals surface area contributed by atoms with Crippen molar-refractivity contribution in [3.05, 3.63) is 64.4 Å². The molecular weight excluding hydrogens is 446 g/mol. The molecule has 7 heteroatoms. The van der Waals surface area contributed by atoms with Gasteiger partial charge in [0.1, 0.15) is 0 Å². The van der Waals surface area contributed by atoms with Gasteiger partial charge in [0.05, 0.1) is 7.11 Å². The van der Waals surface area contributed by atoms with Gasteiger partial charge in [-0.15, -0.1) is 11.8 Å². The number of fused-ring (bicyclic) bond motifs is 3. The van der Waals surface area contributed by atoms with E-state index in [4.69, 9.17) is 16.3 Å². The molecule has 3 atom stereocenters. The molecule has 3 unspecified atom stereocenters. The molecule has 2 aromatic carbocycles. The highest BCUT2D eigenvalue weighted by Crippen LogP contribution is 2.56. The molecule has 0 saturated heterocycles. The maximum absolute atomic E-state index is 12.3. The second-order valence-electron chi connectivity index (χ2n) is 7.37. The molecule has 0 bridgehead atoms. The van der Waals surface area contributed by atoms with Crippen LogP contribution in [0.2, 0.25) is 5.02 Å². The molecule has 2 aliphatic rings. The summed E-state index contributed by atoms with van der Waals surface area (Å²) in [5, 5.41) is 24.1. The Labute approximate surface area is 199 Å². The van der Waals surface area contributed by atoms with Gasteiger partial charge in [-0.1, -0.05) is 31.5 Å². The molecule has 5 nitrogen and oxygen atoms in total. The number of allylic oxidation sites excluding steroid dienone is 2. The monoisotopic (exact) mass is 477 g/mol. The van der Waals surface area contributed by atoms with Gasteiger partial charge in [0.25, 0.3) is 0 Å². The molecule has 4 rings (SSSR count). The highest BCUT2D eigenvalue weighted by Gasteiger charge is 2.41. The van der Waals surface area contributed by atoms with Gasteiger partial charge in [0.15, 0.2) is 23.0 Å². The van der Waals surface area contributed by atoms with Gasteiger partial charge in [0.2, 0.25) is 0 Å². The summed E-state index contributed by atoms with van der Waals surface area (Å²) in [6, 6.07) is 11.0. The van der Waals surface area contributed by atoms with Crippen LogP contribution in [0.5, 0.6) is 11.5 Å². The van der Waals surface area contributed by atoms with E-state index in [0.29, 0.717) is 16.3 Å². The maximum atomic E-state index is 12.3. The number of benzene rings is 2. The number of thioether (sulfide) groups is 1. The molecule has 174 valence electrons. The standard InChI is InChI=1S/C21H19ClO4S.C2H7N.C2H6/c1-26-18-8-11-9-19(27-13-4-2-12(22)3-5-13)14-6-7-16(23)21(25)20(14)15(11)10-17(18)24;1-3-2;1-2/h2-8,11,15,19,23,25H,9-10H2,1H3;3H,1-2H3;1-2H3. The topological polar surface area (TPSA) is 78.8 Å². The minimum atomic E-state index is -0.154. The molecule has 0 heterocycles. The number of Topliss-reactive ketones (excluding diaryl/α,β-unsaturated/α-hetero) is 1. The Morgan fingerprint density at radius 3 is 2.31 bits per heavy atom. The number of phenols is 2. The number of ether oxygens (including phenoxy) is 1. The third-order valence-corrected chi connectivity index (χ3v) is 6.83. The molecule has 2 aromatic rings. The van der Waals surface area contributed by atoms with Crippen LogP contribution in [0.15, 0.2) is 53.1 Å². The molecule has 0 aliphatic heterocycles. The van der Waals surface area contributed by atoms with Crippen molar-refractivity contribution in [3.8, 4) is 11.5 Å². The highest BCUT2D eigenvalue weighted by molar-refractivity contribution is 7.99. The Hall–Kier alpha value is -2.15. The van der Waals surface area contributed by atoms with E-state index in [2.05, 4.69) is 5.32 Å². The summed E-state index contributed by atoms with van der Waals surface area (Å²) in [4.78, 5) is 13.4. The van der Waals surface area contributed by atoms with E-state index in [0.717, 1.165) is 16.9 Å². The van der Waals surface area contributed by atoms with Crippen LogP contribution in [0, 0.1) is 5.92 Å². The van der Waals surface area contributed by atoms with E-state index in [9.17, 15) is 15.0 Å². The van der Waals surface area contributed by atoms with Gasteiger partial charge >= 0.3 is 0 Å². The summed E-state index contributed by atoms with van der Waals surface area (Å²) >= 11 is 7.68. The first-order valence-corrected chi connectivity index (χ1v) is 12.0. The number of carbonyl (C=O) groups is 1. The summed E-state index contributed by atoms with van der Waals surface area (Å²) in [7, 11) is 5.25. The zero-order valence-electron chi connectivity index (χ0n) is 19.2. The number of phenolic OH excluding ortho intramolecular Hbond substituents is 2. The average Bonchev–Trinajstić information content (AvgIpc) is 2.79. The lowest BCUT2D eigenvalue weighted by atomic mass is 9.69. The van der Waals surface area contributed by atoms with Gasteiger partial charge in [0, 0.05) is 33.1 Å². The predicted molar refractivity (Wildman–Crippen MR) is 132 cm³/mol. The van der Waals surface area contributed by atoms with E-state index in [1.807, 2.05) is 64.4 Å².